The first-order valence-corrected chi connectivity index (χ1v) is 8.33. The molecule has 1 heterocycles. The maximum Gasteiger partial charge on any atom is 0.387 e. The number of ether oxygens (including phenoxy) is 1. The lowest BCUT2D eigenvalue weighted by Crippen LogP contribution is -2.15. The summed E-state index contributed by atoms with van der Waals surface area (Å²) >= 11 is 0. The minimum Gasteiger partial charge on any atom is -0.433 e. The quantitative estimate of drug-likeness (QED) is 0.864. The van der Waals surface area contributed by atoms with E-state index in [4.69, 9.17) is 0 Å². The number of anilines is 2. The Morgan fingerprint density at radius 2 is 1.92 bits per heavy atom. The number of fused-ring (bicyclic) bond motifs is 1. The topological polar surface area (TPSA) is 84.5 Å². The Bertz CT molecular complexity index is 900. The maximum atomic E-state index is 12.5. The van der Waals surface area contributed by atoms with Gasteiger partial charge in [-0.1, -0.05) is 12.1 Å². The summed E-state index contributed by atoms with van der Waals surface area (Å²) in [6.07, 6.45) is 0.0871. The normalized spacial score (nSPS) is 13.5. The number of carbonyl (C=O) groups is 1. The lowest BCUT2D eigenvalue weighted by Gasteiger charge is -2.13. The van der Waals surface area contributed by atoms with Crippen LogP contribution in [0.15, 0.2) is 47.4 Å². The van der Waals surface area contributed by atoms with Crippen LogP contribution in [0.3, 0.4) is 0 Å². The fraction of sp³-hybridized carbons (Fsp3) is 0.133. The highest BCUT2D eigenvalue weighted by Crippen LogP contribution is 2.30. The van der Waals surface area contributed by atoms with Gasteiger partial charge in [-0.2, -0.15) is 8.78 Å². The molecule has 2 aromatic carbocycles. The van der Waals surface area contributed by atoms with Gasteiger partial charge < -0.3 is 10.1 Å². The number of alkyl halides is 2. The lowest BCUT2D eigenvalue weighted by molar-refractivity contribution is -0.115. The summed E-state index contributed by atoms with van der Waals surface area (Å²) in [7, 11) is -4.02. The molecule has 0 bridgehead atoms. The van der Waals surface area contributed by atoms with E-state index in [2.05, 4.69) is 14.8 Å². The van der Waals surface area contributed by atoms with Crippen LogP contribution in [0.2, 0.25) is 0 Å². The summed E-state index contributed by atoms with van der Waals surface area (Å²) in [6, 6.07) is 9.65. The molecule has 0 spiro atoms. The molecule has 24 heavy (non-hydrogen) atoms. The molecule has 0 atom stereocenters. The average Bonchev–Trinajstić information content (AvgIpc) is 2.87. The molecule has 1 aliphatic rings. The van der Waals surface area contributed by atoms with Crippen LogP contribution in [0.5, 0.6) is 5.75 Å². The van der Waals surface area contributed by atoms with E-state index in [0.717, 1.165) is 0 Å². The van der Waals surface area contributed by atoms with Crippen molar-refractivity contribution in [2.75, 3.05) is 10.0 Å². The summed E-state index contributed by atoms with van der Waals surface area (Å²) in [6.45, 7) is -3.08. The number of sulfonamides is 1. The van der Waals surface area contributed by atoms with Crippen LogP contribution in [-0.2, 0) is 21.2 Å². The molecule has 2 aromatic rings. The van der Waals surface area contributed by atoms with Crippen molar-refractivity contribution in [2.45, 2.75) is 17.9 Å². The fourth-order valence-corrected chi connectivity index (χ4v) is 3.45. The highest BCUT2D eigenvalue weighted by molar-refractivity contribution is 7.92. The van der Waals surface area contributed by atoms with Crippen LogP contribution in [0.4, 0.5) is 20.2 Å². The van der Waals surface area contributed by atoms with Gasteiger partial charge in [0.15, 0.2) is 0 Å². The largest absolute Gasteiger partial charge is 0.433 e. The van der Waals surface area contributed by atoms with E-state index in [9.17, 15) is 22.0 Å². The van der Waals surface area contributed by atoms with Gasteiger partial charge in [0, 0.05) is 5.69 Å². The summed E-state index contributed by atoms with van der Waals surface area (Å²) in [5.74, 6) is -0.503. The SMILES string of the molecule is O=C1Cc2cc(S(=O)(=O)Nc3ccccc3OC(F)F)ccc2N1. The number of hydrogen-bond acceptors (Lipinski definition) is 4. The number of halogens is 2. The van der Waals surface area contributed by atoms with Gasteiger partial charge in [-0.25, -0.2) is 8.42 Å². The summed E-state index contributed by atoms with van der Waals surface area (Å²) in [5.41, 5.74) is 1.01. The third kappa shape index (κ3) is 3.30. The van der Waals surface area contributed by atoms with Gasteiger partial charge in [0.25, 0.3) is 10.0 Å². The molecule has 0 saturated carbocycles. The number of para-hydroxylation sites is 2. The summed E-state index contributed by atoms with van der Waals surface area (Å²) in [4.78, 5) is 11.3. The third-order valence-corrected chi connectivity index (χ3v) is 4.72. The van der Waals surface area contributed by atoms with E-state index in [-0.39, 0.29) is 28.7 Å². The van der Waals surface area contributed by atoms with E-state index in [1.165, 1.54) is 42.5 Å². The Balaban J connectivity index is 1.90. The van der Waals surface area contributed by atoms with E-state index in [1.807, 2.05) is 0 Å². The Morgan fingerprint density at radius 1 is 1.17 bits per heavy atom. The molecule has 1 amide bonds. The molecular formula is C15H12F2N2O4S. The van der Waals surface area contributed by atoms with Crippen molar-refractivity contribution in [3.05, 3.63) is 48.0 Å². The first-order chi connectivity index (χ1) is 11.3. The predicted octanol–water partition coefficient (Wildman–Crippen LogP) is 2.58. The molecule has 0 radical (unpaired) electrons. The summed E-state index contributed by atoms with van der Waals surface area (Å²) in [5, 5.41) is 2.60. The molecule has 3 rings (SSSR count). The molecule has 9 heteroatoms. The van der Waals surface area contributed by atoms with E-state index >= 15 is 0 Å². The van der Waals surface area contributed by atoms with Crippen LogP contribution in [-0.4, -0.2) is 20.9 Å². The molecule has 1 aliphatic heterocycles. The zero-order valence-electron chi connectivity index (χ0n) is 12.1. The molecule has 126 valence electrons. The second-order valence-corrected chi connectivity index (χ2v) is 6.71. The minimum atomic E-state index is -4.02. The number of benzene rings is 2. The van der Waals surface area contributed by atoms with Gasteiger partial charge in [-0.05, 0) is 35.9 Å². The van der Waals surface area contributed by atoms with Gasteiger partial charge >= 0.3 is 6.61 Å². The molecule has 0 saturated heterocycles. The van der Waals surface area contributed by atoms with Crippen molar-refractivity contribution in [3.8, 4) is 5.75 Å². The highest BCUT2D eigenvalue weighted by atomic mass is 32.2. The van der Waals surface area contributed by atoms with Crippen molar-refractivity contribution in [1.82, 2.24) is 0 Å². The van der Waals surface area contributed by atoms with Gasteiger partial charge in [0.2, 0.25) is 5.91 Å². The van der Waals surface area contributed by atoms with Gasteiger partial charge in [-0.3, -0.25) is 9.52 Å². The van der Waals surface area contributed by atoms with Crippen LogP contribution < -0.4 is 14.8 Å². The number of hydrogen-bond donors (Lipinski definition) is 2. The molecule has 0 fully saturated rings. The van der Waals surface area contributed by atoms with Crippen LogP contribution in [0, 0.1) is 0 Å². The number of amides is 1. The molecule has 0 aromatic heterocycles. The molecular weight excluding hydrogens is 342 g/mol. The van der Waals surface area contributed by atoms with E-state index < -0.39 is 16.6 Å². The van der Waals surface area contributed by atoms with Crippen molar-refractivity contribution < 1.29 is 26.7 Å². The van der Waals surface area contributed by atoms with Gasteiger partial charge in [0.1, 0.15) is 5.75 Å². The summed E-state index contributed by atoms with van der Waals surface area (Å²) < 4.78 is 56.3. The van der Waals surface area contributed by atoms with E-state index in [0.29, 0.717) is 11.3 Å². The molecule has 2 N–H and O–H groups in total. The first-order valence-electron chi connectivity index (χ1n) is 6.84. The van der Waals surface area contributed by atoms with Crippen LogP contribution >= 0.6 is 0 Å². The smallest absolute Gasteiger partial charge is 0.387 e. The Kier molecular flexibility index (Phi) is 4.10. The monoisotopic (exact) mass is 354 g/mol. The van der Waals surface area contributed by atoms with E-state index in [1.54, 1.807) is 0 Å². The maximum absolute atomic E-state index is 12.5. The fourth-order valence-electron chi connectivity index (χ4n) is 2.33. The third-order valence-electron chi connectivity index (χ3n) is 3.36. The van der Waals surface area contributed by atoms with Crippen molar-refractivity contribution in [2.24, 2.45) is 0 Å². The molecule has 0 aliphatic carbocycles. The second-order valence-electron chi connectivity index (χ2n) is 5.02. The van der Waals surface area contributed by atoms with Gasteiger partial charge in [0.05, 0.1) is 17.0 Å². The predicted molar refractivity (Wildman–Crippen MR) is 82.7 cm³/mol. The molecule has 0 unspecified atom stereocenters. The number of rotatable bonds is 5. The zero-order valence-corrected chi connectivity index (χ0v) is 12.9. The average molecular weight is 354 g/mol. The number of nitrogens with one attached hydrogen (secondary N) is 2. The first kappa shape index (κ1) is 16.2. The zero-order chi connectivity index (χ0) is 17.3. The van der Waals surface area contributed by atoms with Crippen LogP contribution in [0.1, 0.15) is 5.56 Å². The Morgan fingerprint density at radius 3 is 2.67 bits per heavy atom. The Labute approximate surface area is 136 Å². The Hall–Kier alpha value is -2.68. The number of carbonyl (C=O) groups excluding carboxylic acids is 1. The lowest BCUT2D eigenvalue weighted by atomic mass is 10.2. The highest BCUT2D eigenvalue weighted by Gasteiger charge is 2.23. The van der Waals surface area contributed by atoms with Crippen molar-refractivity contribution in [1.29, 1.82) is 0 Å². The van der Waals surface area contributed by atoms with Gasteiger partial charge in [-0.15, -0.1) is 0 Å². The second kappa shape index (κ2) is 6.08. The minimum absolute atomic E-state index is 0.0791. The van der Waals surface area contributed by atoms with Crippen molar-refractivity contribution >= 4 is 27.3 Å². The van der Waals surface area contributed by atoms with Crippen molar-refractivity contribution in [3.63, 3.8) is 0 Å². The standard InChI is InChI=1S/C15H12F2N2O4S/c16-15(17)23-13-4-2-1-3-12(13)19-24(21,22)10-5-6-11-9(7-10)8-14(20)18-11/h1-7,15,19H,8H2,(H,18,20). The van der Waals surface area contributed by atoms with Crippen LogP contribution in [0.25, 0.3) is 0 Å². The molecule has 6 nitrogen and oxygen atoms in total.